The van der Waals surface area contributed by atoms with Crippen molar-refractivity contribution in [1.29, 1.82) is 0 Å². The van der Waals surface area contributed by atoms with Crippen molar-refractivity contribution in [3.05, 3.63) is 37.1 Å². The van der Waals surface area contributed by atoms with Crippen LogP contribution in [0.3, 0.4) is 0 Å². The first-order valence-corrected chi connectivity index (χ1v) is 6.83. The van der Waals surface area contributed by atoms with Crippen LogP contribution in [0.4, 0.5) is 5.69 Å². The van der Waals surface area contributed by atoms with E-state index in [1.807, 2.05) is 25.8 Å². The summed E-state index contributed by atoms with van der Waals surface area (Å²) < 4.78 is 1.18. The van der Waals surface area contributed by atoms with E-state index >= 15 is 0 Å². The van der Waals surface area contributed by atoms with E-state index in [4.69, 9.17) is 0 Å². The van der Waals surface area contributed by atoms with E-state index in [0.29, 0.717) is 11.9 Å². The molecule has 0 spiro atoms. The molecule has 8 heteroatoms. The highest BCUT2D eigenvalue weighted by molar-refractivity contribution is 9.09. The predicted molar refractivity (Wildman–Crippen MR) is 74.7 cm³/mol. The van der Waals surface area contributed by atoms with Crippen LogP contribution in [0.25, 0.3) is 0 Å². The van der Waals surface area contributed by atoms with Gasteiger partial charge in [0.2, 0.25) is 0 Å². The maximum Gasteiger partial charge on any atom is 0.350 e. The molecule has 0 amide bonds. The van der Waals surface area contributed by atoms with Gasteiger partial charge in [-0.15, -0.1) is 0 Å². The highest BCUT2D eigenvalue weighted by Crippen LogP contribution is 2.28. The number of nitrogens with zero attached hydrogens (tertiary/aromatic N) is 2. The van der Waals surface area contributed by atoms with Crippen LogP contribution in [-0.4, -0.2) is 19.8 Å². The first-order valence-electron chi connectivity index (χ1n) is 5.71. The van der Waals surface area contributed by atoms with Gasteiger partial charge in [0.25, 0.3) is 0 Å². The fraction of sp³-hybridized carbons (Fsp3) is 0.636. The molecule has 7 nitrogen and oxygen atoms in total. The number of H-pyrrole nitrogens is 1. The van der Waals surface area contributed by atoms with Crippen molar-refractivity contribution in [3.63, 3.8) is 0 Å². The lowest BCUT2D eigenvalue weighted by atomic mass is 9.82. The van der Waals surface area contributed by atoms with Crippen LogP contribution in [0.15, 0.2) is 15.8 Å². The van der Waals surface area contributed by atoms with Crippen LogP contribution in [0.2, 0.25) is 0 Å². The Hall–Kier alpha value is -1.44. The minimum absolute atomic E-state index is 0.0755. The molecule has 0 bridgehead atoms. The van der Waals surface area contributed by atoms with Gasteiger partial charge in [0, 0.05) is 11.9 Å². The second-order valence-corrected chi connectivity index (χ2v) is 6.05. The van der Waals surface area contributed by atoms with Gasteiger partial charge < -0.3 is 0 Å². The molecule has 19 heavy (non-hydrogen) atoms. The van der Waals surface area contributed by atoms with Crippen molar-refractivity contribution in [2.24, 2.45) is 11.3 Å². The molecule has 1 heterocycles. The lowest BCUT2D eigenvalue weighted by Gasteiger charge is -2.29. The monoisotopic (exact) mass is 333 g/mol. The van der Waals surface area contributed by atoms with Crippen LogP contribution in [0.1, 0.15) is 20.8 Å². The van der Waals surface area contributed by atoms with E-state index in [-0.39, 0.29) is 11.3 Å². The summed E-state index contributed by atoms with van der Waals surface area (Å²) in [7, 11) is 0. The summed E-state index contributed by atoms with van der Waals surface area (Å²) in [5.41, 5.74) is -2.31. The minimum atomic E-state index is -0.975. The van der Waals surface area contributed by atoms with Gasteiger partial charge in [-0.1, -0.05) is 36.7 Å². The van der Waals surface area contributed by atoms with E-state index in [0.717, 1.165) is 6.20 Å². The Morgan fingerprint density at radius 2 is 2.05 bits per heavy atom. The third-order valence-electron chi connectivity index (χ3n) is 3.02. The zero-order valence-corrected chi connectivity index (χ0v) is 12.6. The maximum atomic E-state index is 11.7. The Bertz CT molecular complexity index is 585. The number of aromatic nitrogens is 2. The van der Waals surface area contributed by atoms with Gasteiger partial charge in [0.15, 0.2) is 0 Å². The molecule has 0 saturated carbocycles. The molecule has 0 fully saturated rings. The molecular formula is C11H16BrN3O4. The number of hydrogen-bond acceptors (Lipinski definition) is 4. The number of rotatable bonds is 4. The van der Waals surface area contributed by atoms with E-state index < -0.39 is 21.9 Å². The second kappa shape index (κ2) is 5.68. The number of hydrogen-bond donors (Lipinski definition) is 1. The molecule has 0 radical (unpaired) electrons. The maximum absolute atomic E-state index is 11.7. The molecular weight excluding hydrogens is 318 g/mol. The van der Waals surface area contributed by atoms with Crippen molar-refractivity contribution < 1.29 is 4.92 Å². The lowest BCUT2D eigenvalue weighted by molar-refractivity contribution is -0.386. The number of alkyl halides is 1. The van der Waals surface area contributed by atoms with Gasteiger partial charge in [0.05, 0.1) is 11.1 Å². The van der Waals surface area contributed by atoms with Gasteiger partial charge in [-0.2, -0.15) is 0 Å². The largest absolute Gasteiger partial charge is 0.350 e. The SMILES string of the molecule is CC(C)(C)C(CBr)Cn1cc([N+](=O)[O-])c(=O)[nH]c1=O. The van der Waals surface area contributed by atoms with Crippen molar-refractivity contribution in [3.8, 4) is 0 Å². The lowest BCUT2D eigenvalue weighted by Crippen LogP contribution is -2.35. The van der Waals surface area contributed by atoms with Gasteiger partial charge in [0.1, 0.15) is 0 Å². The van der Waals surface area contributed by atoms with Crippen molar-refractivity contribution in [2.75, 3.05) is 5.33 Å². The first kappa shape index (κ1) is 15.6. The van der Waals surface area contributed by atoms with Gasteiger partial charge in [-0.05, 0) is 11.3 Å². The Balaban J connectivity index is 3.22. The molecule has 1 aromatic heterocycles. The fourth-order valence-electron chi connectivity index (χ4n) is 1.56. The first-order chi connectivity index (χ1) is 8.66. The van der Waals surface area contributed by atoms with Crippen LogP contribution in [0.5, 0.6) is 0 Å². The van der Waals surface area contributed by atoms with E-state index in [9.17, 15) is 19.7 Å². The van der Waals surface area contributed by atoms with Crippen molar-refractivity contribution >= 4 is 21.6 Å². The summed E-state index contributed by atoms with van der Waals surface area (Å²) in [5.74, 6) is 0.0932. The number of nitrogens with one attached hydrogen (secondary N) is 1. The zero-order chi connectivity index (χ0) is 14.8. The zero-order valence-electron chi connectivity index (χ0n) is 11.0. The van der Waals surface area contributed by atoms with Crippen LogP contribution >= 0.6 is 15.9 Å². The normalized spacial score (nSPS) is 13.3. The second-order valence-electron chi connectivity index (χ2n) is 5.40. The quantitative estimate of drug-likeness (QED) is 0.512. The van der Waals surface area contributed by atoms with Crippen LogP contribution < -0.4 is 11.2 Å². The molecule has 0 saturated heterocycles. The smallest absolute Gasteiger partial charge is 0.293 e. The summed E-state index contributed by atoms with van der Waals surface area (Å²) in [4.78, 5) is 34.8. The predicted octanol–water partition coefficient (Wildman–Crippen LogP) is 1.50. The number of halogens is 1. The summed E-state index contributed by atoms with van der Waals surface area (Å²) in [5, 5.41) is 11.3. The van der Waals surface area contributed by atoms with E-state index in [2.05, 4.69) is 15.9 Å². The Labute approximate surface area is 117 Å². The highest BCUT2D eigenvalue weighted by Gasteiger charge is 2.25. The average molecular weight is 334 g/mol. The van der Waals surface area contributed by atoms with Gasteiger partial charge in [-0.3, -0.25) is 24.5 Å². The fourth-order valence-corrected chi connectivity index (χ4v) is 2.73. The third kappa shape index (κ3) is 3.76. The Kier molecular flexibility index (Phi) is 4.67. The Morgan fingerprint density at radius 3 is 2.47 bits per heavy atom. The van der Waals surface area contributed by atoms with Crippen molar-refractivity contribution in [1.82, 2.24) is 9.55 Å². The molecule has 1 atom stereocenters. The molecule has 1 unspecified atom stereocenters. The number of aromatic amines is 1. The van der Waals surface area contributed by atoms with E-state index in [1.54, 1.807) is 0 Å². The molecule has 0 aliphatic heterocycles. The molecule has 106 valence electrons. The van der Waals surface area contributed by atoms with E-state index in [1.165, 1.54) is 4.57 Å². The minimum Gasteiger partial charge on any atom is -0.293 e. The van der Waals surface area contributed by atoms with Crippen LogP contribution in [0, 0.1) is 21.4 Å². The van der Waals surface area contributed by atoms with Gasteiger partial charge in [-0.25, -0.2) is 4.79 Å². The Morgan fingerprint density at radius 1 is 1.47 bits per heavy atom. The molecule has 1 rings (SSSR count). The molecule has 1 N–H and O–H groups in total. The van der Waals surface area contributed by atoms with Gasteiger partial charge >= 0.3 is 16.9 Å². The summed E-state index contributed by atoms with van der Waals surface area (Å²) in [6.07, 6.45) is 1.00. The summed E-state index contributed by atoms with van der Waals surface area (Å²) in [6, 6.07) is 0. The molecule has 0 aliphatic carbocycles. The highest BCUT2D eigenvalue weighted by atomic mass is 79.9. The molecule has 0 aliphatic rings. The van der Waals surface area contributed by atoms with Crippen LogP contribution in [-0.2, 0) is 6.54 Å². The third-order valence-corrected chi connectivity index (χ3v) is 3.80. The summed E-state index contributed by atoms with van der Waals surface area (Å²) in [6.45, 7) is 6.35. The summed E-state index contributed by atoms with van der Waals surface area (Å²) >= 11 is 3.37. The standard InChI is InChI=1S/C11H16BrN3O4/c1-11(2,3)7(4-12)5-14-6-8(15(18)19)9(16)13-10(14)17/h6-7H,4-5H2,1-3H3,(H,13,16,17). The topological polar surface area (TPSA) is 98.0 Å². The number of nitro groups is 1. The molecule has 0 aromatic carbocycles. The molecule has 1 aromatic rings. The average Bonchev–Trinajstić information content (AvgIpc) is 2.25. The van der Waals surface area contributed by atoms with Crippen molar-refractivity contribution in [2.45, 2.75) is 27.3 Å².